The van der Waals surface area contributed by atoms with Gasteiger partial charge in [-0.2, -0.15) is 8.42 Å². The first-order chi connectivity index (χ1) is 3.06. The number of nitrogens with one attached hydrogen (secondary N) is 1. The third-order valence-corrected chi connectivity index (χ3v) is 1.04. The van der Waals surface area contributed by atoms with E-state index >= 15 is 0 Å². The van der Waals surface area contributed by atoms with E-state index in [1.54, 1.807) is 6.92 Å². The van der Waals surface area contributed by atoms with Gasteiger partial charge in [0.25, 0.3) is 10.2 Å². The van der Waals surface area contributed by atoms with Gasteiger partial charge in [0.15, 0.2) is 0 Å². The number of nitrogens with two attached hydrogens (primary N) is 1. The Balaban J connectivity index is 0. The van der Waals surface area contributed by atoms with Crippen LogP contribution in [0.3, 0.4) is 0 Å². The van der Waals surface area contributed by atoms with Crippen LogP contribution in [0.15, 0.2) is 0 Å². The predicted octanol–water partition coefficient (Wildman–Crippen LogP) is -0.564. The van der Waals surface area contributed by atoms with Gasteiger partial charge in [0.05, 0.1) is 0 Å². The van der Waals surface area contributed by atoms with Crippen molar-refractivity contribution in [2.24, 2.45) is 5.14 Å². The molecule has 0 saturated heterocycles. The molecule has 3 N–H and O–H groups in total. The highest BCUT2D eigenvalue weighted by molar-refractivity contribution is 7.87. The molecule has 0 aromatic rings. The Labute approximate surface area is 50.3 Å². The Morgan fingerprint density at radius 1 is 1.62 bits per heavy atom. The first kappa shape index (κ1) is 10.8. The van der Waals surface area contributed by atoms with Gasteiger partial charge in [0.1, 0.15) is 0 Å². The van der Waals surface area contributed by atoms with Crippen molar-refractivity contribution in [2.45, 2.75) is 14.4 Å². The molecule has 0 aliphatic rings. The van der Waals surface area contributed by atoms with Crippen LogP contribution in [0.5, 0.6) is 0 Å². The molecule has 0 aliphatic heterocycles. The van der Waals surface area contributed by atoms with Gasteiger partial charge in [-0.15, -0.1) is 0 Å². The van der Waals surface area contributed by atoms with E-state index in [-0.39, 0.29) is 7.43 Å². The molecule has 4 nitrogen and oxygen atoms in total. The first-order valence-corrected chi connectivity index (χ1v) is 3.38. The lowest BCUT2D eigenvalue weighted by atomic mass is 10.8. The van der Waals surface area contributed by atoms with Gasteiger partial charge in [-0.25, -0.2) is 9.86 Å². The standard InChI is InChI=1S/C2H8N2O2S.CH4/c1-2-4-7(3,5)6;/h4H,2H2,1H3,(H2,3,5,6);1H4. The molecule has 0 atom stereocenters. The molecule has 0 heterocycles. The fraction of sp³-hybridized carbons (Fsp3) is 1.00. The summed E-state index contributed by atoms with van der Waals surface area (Å²) in [6, 6.07) is 0. The molecule has 5 heteroatoms. The van der Waals surface area contributed by atoms with Crippen molar-refractivity contribution in [1.82, 2.24) is 4.72 Å². The molecule has 0 rings (SSSR count). The summed E-state index contributed by atoms with van der Waals surface area (Å²) in [4.78, 5) is 0. The van der Waals surface area contributed by atoms with Crippen LogP contribution in [-0.4, -0.2) is 15.0 Å². The van der Waals surface area contributed by atoms with Gasteiger partial charge in [-0.05, 0) is 0 Å². The third kappa shape index (κ3) is 9.30. The zero-order chi connectivity index (χ0) is 5.91. The average molecular weight is 140 g/mol. The van der Waals surface area contributed by atoms with E-state index in [1.807, 2.05) is 4.72 Å². The van der Waals surface area contributed by atoms with Crippen LogP contribution in [0.25, 0.3) is 0 Å². The Morgan fingerprint density at radius 2 is 2.00 bits per heavy atom. The molecule has 0 bridgehead atoms. The summed E-state index contributed by atoms with van der Waals surface area (Å²) in [6.45, 7) is 2.00. The average Bonchev–Trinajstić information content (AvgIpc) is 1.30. The van der Waals surface area contributed by atoms with Crippen LogP contribution in [-0.2, 0) is 10.2 Å². The highest BCUT2D eigenvalue weighted by atomic mass is 32.2. The lowest BCUT2D eigenvalue weighted by molar-refractivity contribution is 0.585. The van der Waals surface area contributed by atoms with Gasteiger partial charge in [-0.1, -0.05) is 14.4 Å². The fourth-order valence-corrected chi connectivity index (χ4v) is 0.604. The van der Waals surface area contributed by atoms with Crippen molar-refractivity contribution >= 4 is 10.2 Å². The number of hydrogen-bond acceptors (Lipinski definition) is 2. The van der Waals surface area contributed by atoms with Crippen LogP contribution in [0.4, 0.5) is 0 Å². The summed E-state index contributed by atoms with van der Waals surface area (Å²) < 4.78 is 21.8. The highest BCUT2D eigenvalue weighted by Crippen LogP contribution is 1.60. The lowest BCUT2D eigenvalue weighted by Crippen LogP contribution is -2.30. The molecule has 0 amide bonds. The van der Waals surface area contributed by atoms with Gasteiger partial charge in [0, 0.05) is 6.54 Å². The summed E-state index contributed by atoms with van der Waals surface area (Å²) in [5.74, 6) is 0. The Morgan fingerprint density at radius 3 is 2.00 bits per heavy atom. The van der Waals surface area contributed by atoms with E-state index in [0.717, 1.165) is 0 Å². The van der Waals surface area contributed by atoms with E-state index in [2.05, 4.69) is 5.14 Å². The van der Waals surface area contributed by atoms with Gasteiger partial charge >= 0.3 is 0 Å². The minimum atomic E-state index is -3.42. The van der Waals surface area contributed by atoms with Crippen molar-refractivity contribution in [1.29, 1.82) is 0 Å². The first-order valence-electron chi connectivity index (χ1n) is 1.83. The predicted molar refractivity (Wildman–Crippen MR) is 33.5 cm³/mol. The zero-order valence-corrected chi connectivity index (χ0v) is 4.83. The Hall–Kier alpha value is -0.130. The second-order valence-corrected chi connectivity index (χ2v) is 2.42. The summed E-state index contributed by atoms with van der Waals surface area (Å²) in [7, 11) is -3.42. The molecule has 8 heavy (non-hydrogen) atoms. The van der Waals surface area contributed by atoms with Gasteiger partial charge in [0.2, 0.25) is 0 Å². The van der Waals surface area contributed by atoms with Crippen molar-refractivity contribution in [2.75, 3.05) is 6.54 Å². The summed E-state index contributed by atoms with van der Waals surface area (Å²) >= 11 is 0. The largest absolute Gasteiger partial charge is 0.274 e. The minimum absolute atomic E-state index is 0. The van der Waals surface area contributed by atoms with Gasteiger partial charge in [-0.3, -0.25) is 0 Å². The summed E-state index contributed by atoms with van der Waals surface area (Å²) in [5.41, 5.74) is 0. The maximum atomic E-state index is 9.90. The SMILES string of the molecule is C.CCNS(N)(=O)=O. The van der Waals surface area contributed by atoms with E-state index in [1.165, 1.54) is 0 Å². The second-order valence-electron chi connectivity index (χ2n) is 1.04. The molecule has 0 aliphatic carbocycles. The maximum absolute atomic E-state index is 9.90. The smallest absolute Gasteiger partial charge is 0.216 e. The fourth-order valence-electron chi connectivity index (χ4n) is 0.201. The molecule has 52 valence electrons. The van der Waals surface area contributed by atoms with Crippen molar-refractivity contribution in [3.63, 3.8) is 0 Å². The van der Waals surface area contributed by atoms with Crippen LogP contribution in [0, 0.1) is 0 Å². The van der Waals surface area contributed by atoms with Crippen molar-refractivity contribution in [3.8, 4) is 0 Å². The van der Waals surface area contributed by atoms with Crippen LogP contribution in [0.2, 0.25) is 0 Å². The maximum Gasteiger partial charge on any atom is 0.274 e. The van der Waals surface area contributed by atoms with E-state index < -0.39 is 10.2 Å². The molecule has 0 aromatic carbocycles. The molecule has 0 radical (unpaired) electrons. The lowest BCUT2D eigenvalue weighted by Gasteiger charge is -1.91. The topological polar surface area (TPSA) is 72.2 Å². The van der Waals surface area contributed by atoms with E-state index in [0.29, 0.717) is 6.54 Å². The van der Waals surface area contributed by atoms with E-state index in [4.69, 9.17) is 0 Å². The van der Waals surface area contributed by atoms with Crippen molar-refractivity contribution < 1.29 is 8.42 Å². The van der Waals surface area contributed by atoms with Crippen LogP contribution < -0.4 is 9.86 Å². The molecule has 0 fully saturated rings. The molecule has 0 saturated carbocycles. The molecule has 0 unspecified atom stereocenters. The van der Waals surface area contributed by atoms with Crippen LogP contribution in [0.1, 0.15) is 14.4 Å². The number of rotatable bonds is 2. The van der Waals surface area contributed by atoms with E-state index in [9.17, 15) is 8.42 Å². The Kier molecular flexibility index (Phi) is 5.15. The molecular formula is C3H12N2O2S. The number of hydrogen-bond donors (Lipinski definition) is 2. The summed E-state index contributed by atoms with van der Waals surface area (Å²) in [5, 5.41) is 4.51. The molecule has 0 aromatic heterocycles. The summed E-state index contributed by atoms with van der Waals surface area (Å²) in [6.07, 6.45) is 0. The normalized spacial score (nSPS) is 10.2. The molecule has 0 spiro atoms. The molecular weight excluding hydrogens is 128 g/mol. The zero-order valence-electron chi connectivity index (χ0n) is 4.01. The van der Waals surface area contributed by atoms with Crippen molar-refractivity contribution in [3.05, 3.63) is 0 Å². The second kappa shape index (κ2) is 3.82. The Bertz CT molecular complexity index is 128. The van der Waals surface area contributed by atoms with Crippen LogP contribution >= 0.6 is 0 Å². The van der Waals surface area contributed by atoms with Gasteiger partial charge < -0.3 is 0 Å². The third-order valence-electron chi connectivity index (χ3n) is 0.346. The monoisotopic (exact) mass is 140 g/mol. The quantitative estimate of drug-likeness (QED) is 0.539. The highest BCUT2D eigenvalue weighted by Gasteiger charge is 1.92. The minimum Gasteiger partial charge on any atom is -0.216 e.